The zero-order valence-corrected chi connectivity index (χ0v) is 13.1. The SMILES string of the molecule is Cc1nn(C)c(C)c1S(=O)(=O)NCc1ccccc1Cl. The number of sulfonamides is 1. The second-order valence-electron chi connectivity index (χ2n) is 4.54. The van der Waals surface area contributed by atoms with Gasteiger partial charge in [-0.05, 0) is 25.5 Å². The molecule has 20 heavy (non-hydrogen) atoms. The molecule has 2 rings (SSSR count). The fourth-order valence-corrected chi connectivity index (χ4v) is 3.67. The summed E-state index contributed by atoms with van der Waals surface area (Å²) in [6, 6.07) is 7.13. The molecule has 0 aliphatic heterocycles. The largest absolute Gasteiger partial charge is 0.271 e. The molecule has 5 nitrogen and oxygen atoms in total. The maximum Gasteiger partial charge on any atom is 0.244 e. The van der Waals surface area contributed by atoms with E-state index < -0.39 is 10.0 Å². The Labute approximate surface area is 123 Å². The number of aryl methyl sites for hydroxylation is 2. The number of benzene rings is 1. The minimum atomic E-state index is -3.61. The van der Waals surface area contributed by atoms with E-state index in [0.717, 1.165) is 5.56 Å². The summed E-state index contributed by atoms with van der Waals surface area (Å²) in [5.41, 5.74) is 1.82. The van der Waals surface area contributed by atoms with E-state index in [0.29, 0.717) is 16.4 Å². The number of nitrogens with zero attached hydrogens (tertiary/aromatic N) is 2. The molecule has 1 aromatic carbocycles. The van der Waals surface area contributed by atoms with Gasteiger partial charge in [0.2, 0.25) is 10.0 Å². The van der Waals surface area contributed by atoms with Crippen LogP contribution in [0.5, 0.6) is 0 Å². The highest BCUT2D eigenvalue weighted by molar-refractivity contribution is 7.89. The first-order valence-electron chi connectivity index (χ1n) is 6.06. The standard InChI is InChI=1S/C13H16ClN3O2S/c1-9-13(10(2)17(3)16-9)20(18,19)15-8-11-6-4-5-7-12(11)14/h4-7,15H,8H2,1-3H3. The van der Waals surface area contributed by atoms with E-state index in [9.17, 15) is 8.42 Å². The highest BCUT2D eigenvalue weighted by atomic mass is 35.5. The van der Waals surface area contributed by atoms with Crippen molar-refractivity contribution in [3.8, 4) is 0 Å². The van der Waals surface area contributed by atoms with Gasteiger partial charge in [-0.2, -0.15) is 5.10 Å². The van der Waals surface area contributed by atoms with Gasteiger partial charge in [-0.25, -0.2) is 13.1 Å². The summed E-state index contributed by atoms with van der Waals surface area (Å²) in [5.74, 6) is 0. The molecule has 0 bridgehead atoms. The van der Waals surface area contributed by atoms with Gasteiger partial charge in [-0.3, -0.25) is 4.68 Å². The maximum atomic E-state index is 12.4. The summed E-state index contributed by atoms with van der Waals surface area (Å²) < 4.78 is 28.8. The van der Waals surface area contributed by atoms with E-state index in [1.807, 2.05) is 6.07 Å². The first-order chi connectivity index (χ1) is 9.33. The fourth-order valence-electron chi connectivity index (χ4n) is 2.03. The van der Waals surface area contributed by atoms with E-state index in [-0.39, 0.29) is 11.4 Å². The highest BCUT2D eigenvalue weighted by Crippen LogP contribution is 2.20. The Kier molecular flexibility index (Phi) is 4.17. The van der Waals surface area contributed by atoms with Crippen LogP contribution in [0.4, 0.5) is 0 Å². The van der Waals surface area contributed by atoms with Crippen molar-refractivity contribution in [3.63, 3.8) is 0 Å². The molecule has 2 aromatic rings. The molecular weight excluding hydrogens is 298 g/mol. The van der Waals surface area contributed by atoms with Gasteiger partial charge in [-0.1, -0.05) is 29.8 Å². The van der Waals surface area contributed by atoms with Crippen molar-refractivity contribution in [2.24, 2.45) is 7.05 Å². The smallest absolute Gasteiger partial charge is 0.244 e. The molecule has 0 aliphatic rings. The molecule has 0 radical (unpaired) electrons. The summed E-state index contributed by atoms with van der Waals surface area (Å²) in [4.78, 5) is 0.229. The summed E-state index contributed by atoms with van der Waals surface area (Å²) in [6.45, 7) is 3.55. The van der Waals surface area contributed by atoms with Crippen LogP contribution in [0.25, 0.3) is 0 Å². The number of hydrogen-bond acceptors (Lipinski definition) is 3. The second kappa shape index (κ2) is 5.55. The number of aromatic nitrogens is 2. The predicted octanol–water partition coefficient (Wildman–Crippen LogP) is 2.17. The molecule has 0 aliphatic carbocycles. The Hall–Kier alpha value is -1.37. The van der Waals surface area contributed by atoms with Gasteiger partial charge < -0.3 is 0 Å². The molecule has 0 amide bonds. The van der Waals surface area contributed by atoms with Crippen LogP contribution < -0.4 is 4.72 Å². The van der Waals surface area contributed by atoms with Crippen molar-refractivity contribution in [1.82, 2.24) is 14.5 Å². The Bertz CT molecular complexity index is 738. The minimum Gasteiger partial charge on any atom is -0.271 e. The second-order valence-corrected chi connectivity index (χ2v) is 6.65. The fraction of sp³-hybridized carbons (Fsp3) is 0.308. The van der Waals surface area contributed by atoms with E-state index in [1.165, 1.54) is 0 Å². The number of halogens is 1. The highest BCUT2D eigenvalue weighted by Gasteiger charge is 2.23. The molecule has 0 saturated carbocycles. The lowest BCUT2D eigenvalue weighted by Crippen LogP contribution is -2.24. The predicted molar refractivity (Wildman–Crippen MR) is 78.2 cm³/mol. The van der Waals surface area contributed by atoms with Crippen LogP contribution in [-0.4, -0.2) is 18.2 Å². The van der Waals surface area contributed by atoms with Gasteiger partial charge in [0.25, 0.3) is 0 Å². The van der Waals surface area contributed by atoms with Crippen LogP contribution in [-0.2, 0) is 23.6 Å². The Morgan fingerprint density at radius 2 is 1.95 bits per heavy atom. The van der Waals surface area contributed by atoms with E-state index >= 15 is 0 Å². The average Bonchev–Trinajstić information content (AvgIpc) is 2.62. The third-order valence-corrected chi connectivity index (χ3v) is 5.14. The van der Waals surface area contributed by atoms with Crippen molar-refractivity contribution in [3.05, 3.63) is 46.2 Å². The van der Waals surface area contributed by atoms with E-state index in [2.05, 4.69) is 9.82 Å². The molecule has 1 N–H and O–H groups in total. The van der Waals surface area contributed by atoms with Gasteiger partial charge in [0, 0.05) is 18.6 Å². The first-order valence-corrected chi connectivity index (χ1v) is 7.92. The number of rotatable bonds is 4. The summed E-state index contributed by atoms with van der Waals surface area (Å²) in [7, 11) is -1.89. The first kappa shape index (κ1) is 15.0. The average molecular weight is 314 g/mol. The van der Waals surface area contributed by atoms with Crippen molar-refractivity contribution in [2.75, 3.05) is 0 Å². The van der Waals surface area contributed by atoms with Crippen LogP contribution in [0.2, 0.25) is 5.02 Å². The Morgan fingerprint density at radius 1 is 1.30 bits per heavy atom. The van der Waals surface area contributed by atoms with E-state index in [4.69, 9.17) is 11.6 Å². The van der Waals surface area contributed by atoms with Gasteiger partial charge in [0.05, 0.1) is 11.4 Å². The zero-order valence-electron chi connectivity index (χ0n) is 11.5. The molecule has 7 heteroatoms. The Morgan fingerprint density at radius 3 is 2.50 bits per heavy atom. The lowest BCUT2D eigenvalue weighted by atomic mass is 10.2. The lowest BCUT2D eigenvalue weighted by molar-refractivity contribution is 0.579. The summed E-state index contributed by atoms with van der Waals surface area (Å²) in [6.07, 6.45) is 0. The van der Waals surface area contributed by atoms with Crippen molar-refractivity contribution < 1.29 is 8.42 Å². The molecule has 0 saturated heterocycles. The van der Waals surface area contributed by atoms with Crippen molar-refractivity contribution >= 4 is 21.6 Å². The quantitative estimate of drug-likeness (QED) is 0.941. The molecule has 1 heterocycles. The van der Waals surface area contributed by atoms with Crippen molar-refractivity contribution in [1.29, 1.82) is 0 Å². The van der Waals surface area contributed by atoms with E-state index in [1.54, 1.807) is 43.8 Å². The summed E-state index contributed by atoms with van der Waals surface area (Å²) >= 11 is 6.01. The molecule has 0 spiro atoms. The molecule has 0 unspecified atom stereocenters. The number of hydrogen-bond donors (Lipinski definition) is 1. The number of nitrogens with one attached hydrogen (secondary N) is 1. The molecule has 0 fully saturated rings. The van der Waals surface area contributed by atoms with Crippen molar-refractivity contribution in [2.45, 2.75) is 25.3 Å². The van der Waals surface area contributed by atoms with Gasteiger partial charge >= 0.3 is 0 Å². The van der Waals surface area contributed by atoms with Crippen LogP contribution >= 0.6 is 11.6 Å². The normalized spacial score (nSPS) is 11.8. The third-order valence-electron chi connectivity index (χ3n) is 3.12. The summed E-state index contributed by atoms with van der Waals surface area (Å²) in [5, 5.41) is 4.66. The monoisotopic (exact) mass is 313 g/mol. The van der Waals surface area contributed by atoms with Crippen LogP contribution in [0.1, 0.15) is 17.0 Å². The van der Waals surface area contributed by atoms with Gasteiger partial charge in [-0.15, -0.1) is 0 Å². The molecular formula is C13H16ClN3O2S. The van der Waals surface area contributed by atoms with Crippen LogP contribution in [0.3, 0.4) is 0 Å². The van der Waals surface area contributed by atoms with Gasteiger partial charge in [0.15, 0.2) is 0 Å². The topological polar surface area (TPSA) is 64.0 Å². The van der Waals surface area contributed by atoms with Crippen LogP contribution in [0, 0.1) is 13.8 Å². The zero-order chi connectivity index (χ0) is 14.9. The molecule has 108 valence electrons. The van der Waals surface area contributed by atoms with Gasteiger partial charge in [0.1, 0.15) is 4.90 Å². The maximum absolute atomic E-state index is 12.4. The lowest BCUT2D eigenvalue weighted by Gasteiger charge is -2.08. The Balaban J connectivity index is 2.27. The molecule has 0 atom stereocenters. The molecule has 1 aromatic heterocycles. The third kappa shape index (κ3) is 2.87. The minimum absolute atomic E-state index is 0.149. The van der Waals surface area contributed by atoms with Crippen LogP contribution in [0.15, 0.2) is 29.2 Å².